The Balaban J connectivity index is 1.61. The van der Waals surface area contributed by atoms with Crippen LogP contribution in [0, 0.1) is 0 Å². The van der Waals surface area contributed by atoms with Crippen LogP contribution in [0.15, 0.2) is 35.9 Å². The highest BCUT2D eigenvalue weighted by Gasteiger charge is 2.07. The fourth-order valence-corrected chi connectivity index (χ4v) is 3.34. The van der Waals surface area contributed by atoms with Gasteiger partial charge in [0.1, 0.15) is 27.9 Å². The van der Waals surface area contributed by atoms with E-state index in [4.69, 9.17) is 0 Å². The minimum atomic E-state index is 0.696. The third-order valence-corrected chi connectivity index (χ3v) is 4.50. The van der Waals surface area contributed by atoms with Crippen molar-refractivity contribution in [1.82, 2.24) is 28.7 Å². The molecule has 0 bridgehead atoms. The standard InChI is InChI=1S/C12H8N6S2/c1-2-8-9(18-20-17-8)3-7(1)4-19-12-10-11(14-5-13-10)15-6-16-12/h1-3,5-6H,4H2,(H,13,14,15,16). The topological polar surface area (TPSA) is 80.2 Å². The van der Waals surface area contributed by atoms with Crippen LogP contribution in [0.2, 0.25) is 0 Å². The number of H-pyrrole nitrogens is 1. The van der Waals surface area contributed by atoms with E-state index in [1.54, 1.807) is 24.4 Å². The molecule has 0 atom stereocenters. The molecule has 0 fully saturated rings. The molecule has 0 radical (unpaired) electrons. The summed E-state index contributed by atoms with van der Waals surface area (Å²) in [5, 5.41) is 0.906. The van der Waals surface area contributed by atoms with Crippen LogP contribution in [0.5, 0.6) is 0 Å². The third kappa shape index (κ3) is 2.02. The number of fused-ring (bicyclic) bond motifs is 2. The lowest BCUT2D eigenvalue weighted by Crippen LogP contribution is -1.87. The number of nitrogens with zero attached hydrogens (tertiary/aromatic N) is 5. The van der Waals surface area contributed by atoms with Crippen LogP contribution in [0.3, 0.4) is 0 Å². The van der Waals surface area contributed by atoms with Crippen LogP contribution in [-0.4, -0.2) is 28.7 Å². The van der Waals surface area contributed by atoms with E-state index < -0.39 is 0 Å². The van der Waals surface area contributed by atoms with Crippen LogP contribution in [0.25, 0.3) is 22.2 Å². The molecule has 98 valence electrons. The van der Waals surface area contributed by atoms with Gasteiger partial charge >= 0.3 is 0 Å². The maximum Gasteiger partial charge on any atom is 0.181 e. The van der Waals surface area contributed by atoms with Gasteiger partial charge in [-0.05, 0) is 17.7 Å². The quantitative estimate of drug-likeness (QED) is 0.463. The first kappa shape index (κ1) is 11.7. The Bertz CT molecular complexity index is 884. The van der Waals surface area contributed by atoms with Gasteiger partial charge in [-0.3, -0.25) is 0 Å². The van der Waals surface area contributed by atoms with Gasteiger partial charge in [-0.15, -0.1) is 0 Å². The molecule has 3 aromatic heterocycles. The number of hydrogen-bond donors (Lipinski definition) is 1. The Morgan fingerprint density at radius 2 is 2.05 bits per heavy atom. The van der Waals surface area contributed by atoms with Gasteiger partial charge < -0.3 is 4.98 Å². The van der Waals surface area contributed by atoms with E-state index in [0.29, 0.717) is 5.65 Å². The lowest BCUT2D eigenvalue weighted by atomic mass is 10.2. The maximum absolute atomic E-state index is 4.30. The van der Waals surface area contributed by atoms with Gasteiger partial charge in [-0.2, -0.15) is 8.75 Å². The van der Waals surface area contributed by atoms with Gasteiger partial charge in [0.15, 0.2) is 5.65 Å². The molecular weight excluding hydrogens is 292 g/mol. The number of aromatic nitrogens is 6. The average Bonchev–Trinajstić information content (AvgIpc) is 3.13. The summed E-state index contributed by atoms with van der Waals surface area (Å²) in [5.74, 6) is 0.818. The fraction of sp³-hybridized carbons (Fsp3) is 0.0833. The third-order valence-electron chi connectivity index (χ3n) is 2.88. The number of hydrogen-bond acceptors (Lipinski definition) is 7. The number of benzene rings is 1. The zero-order valence-corrected chi connectivity index (χ0v) is 11.8. The molecule has 0 saturated heterocycles. The number of imidazole rings is 1. The molecule has 0 amide bonds. The predicted octanol–water partition coefficient (Wildman–Crippen LogP) is 2.65. The minimum absolute atomic E-state index is 0.696. The second kappa shape index (κ2) is 4.80. The summed E-state index contributed by atoms with van der Waals surface area (Å²) in [6.45, 7) is 0. The Kier molecular flexibility index (Phi) is 2.82. The van der Waals surface area contributed by atoms with Gasteiger partial charge in [0.25, 0.3) is 0 Å². The summed E-state index contributed by atoms with van der Waals surface area (Å²) >= 11 is 2.89. The second-order valence-corrected chi connectivity index (χ2v) is 5.65. The first-order chi connectivity index (χ1) is 9.90. The fourth-order valence-electron chi connectivity index (χ4n) is 1.92. The zero-order chi connectivity index (χ0) is 13.4. The number of rotatable bonds is 3. The van der Waals surface area contributed by atoms with Gasteiger partial charge in [-0.25, -0.2) is 15.0 Å². The Hall–Kier alpha value is -2.06. The van der Waals surface area contributed by atoms with E-state index in [9.17, 15) is 0 Å². The Morgan fingerprint density at radius 1 is 1.10 bits per heavy atom. The van der Waals surface area contributed by atoms with E-state index in [1.807, 2.05) is 6.07 Å². The molecule has 3 heterocycles. The summed E-state index contributed by atoms with van der Waals surface area (Å²) in [4.78, 5) is 15.6. The summed E-state index contributed by atoms with van der Waals surface area (Å²) in [7, 11) is 0. The lowest BCUT2D eigenvalue weighted by Gasteiger charge is -2.01. The molecular formula is C12H8N6S2. The molecule has 0 spiro atoms. The smallest absolute Gasteiger partial charge is 0.181 e. The van der Waals surface area contributed by atoms with Crippen molar-refractivity contribution in [3.05, 3.63) is 36.4 Å². The largest absolute Gasteiger partial charge is 0.341 e. The van der Waals surface area contributed by atoms with Gasteiger partial charge in [0.05, 0.1) is 18.1 Å². The van der Waals surface area contributed by atoms with Crippen molar-refractivity contribution >= 4 is 45.7 Å². The van der Waals surface area contributed by atoms with Crippen molar-refractivity contribution in [2.24, 2.45) is 0 Å². The van der Waals surface area contributed by atoms with Gasteiger partial charge in [0, 0.05) is 5.75 Å². The molecule has 6 nitrogen and oxygen atoms in total. The van der Waals surface area contributed by atoms with E-state index >= 15 is 0 Å². The van der Waals surface area contributed by atoms with Crippen molar-refractivity contribution in [1.29, 1.82) is 0 Å². The summed E-state index contributed by atoms with van der Waals surface area (Å²) in [6.07, 6.45) is 3.18. The normalized spacial score (nSPS) is 11.4. The summed E-state index contributed by atoms with van der Waals surface area (Å²) in [5.41, 5.74) is 4.67. The minimum Gasteiger partial charge on any atom is -0.341 e. The molecule has 20 heavy (non-hydrogen) atoms. The van der Waals surface area contributed by atoms with E-state index in [1.165, 1.54) is 17.3 Å². The monoisotopic (exact) mass is 300 g/mol. The molecule has 0 aliphatic rings. The van der Waals surface area contributed by atoms with Crippen molar-refractivity contribution in [2.75, 3.05) is 0 Å². The van der Waals surface area contributed by atoms with Crippen LogP contribution in [0.1, 0.15) is 5.56 Å². The molecule has 0 aliphatic heterocycles. The molecule has 0 aliphatic carbocycles. The molecule has 0 unspecified atom stereocenters. The highest BCUT2D eigenvalue weighted by Crippen LogP contribution is 2.26. The summed E-state index contributed by atoms with van der Waals surface area (Å²) in [6, 6.07) is 6.14. The zero-order valence-electron chi connectivity index (χ0n) is 10.1. The van der Waals surface area contributed by atoms with Crippen molar-refractivity contribution in [3.8, 4) is 0 Å². The number of thioether (sulfide) groups is 1. The van der Waals surface area contributed by atoms with Gasteiger partial charge in [0.2, 0.25) is 0 Å². The van der Waals surface area contributed by atoms with E-state index in [2.05, 4.69) is 40.8 Å². The van der Waals surface area contributed by atoms with Crippen LogP contribution < -0.4 is 0 Å². The van der Waals surface area contributed by atoms with Crippen molar-refractivity contribution in [3.63, 3.8) is 0 Å². The lowest BCUT2D eigenvalue weighted by molar-refractivity contribution is 1.08. The van der Waals surface area contributed by atoms with Crippen molar-refractivity contribution in [2.45, 2.75) is 10.8 Å². The Morgan fingerprint density at radius 3 is 3.05 bits per heavy atom. The highest BCUT2D eigenvalue weighted by molar-refractivity contribution is 7.98. The molecule has 0 saturated carbocycles. The van der Waals surface area contributed by atoms with Crippen LogP contribution in [-0.2, 0) is 5.75 Å². The highest BCUT2D eigenvalue weighted by atomic mass is 32.2. The van der Waals surface area contributed by atoms with Crippen LogP contribution >= 0.6 is 23.5 Å². The van der Waals surface area contributed by atoms with Gasteiger partial charge in [-0.1, -0.05) is 17.8 Å². The van der Waals surface area contributed by atoms with E-state index in [0.717, 1.165) is 27.3 Å². The number of aromatic amines is 1. The molecule has 1 aromatic carbocycles. The molecule has 4 rings (SSSR count). The van der Waals surface area contributed by atoms with Crippen molar-refractivity contribution < 1.29 is 0 Å². The average molecular weight is 300 g/mol. The Labute approximate surface area is 122 Å². The molecule has 8 heteroatoms. The molecule has 4 aromatic rings. The second-order valence-electron chi connectivity index (χ2n) is 4.16. The predicted molar refractivity (Wildman–Crippen MR) is 78.7 cm³/mol. The summed E-state index contributed by atoms with van der Waals surface area (Å²) < 4.78 is 8.46. The first-order valence-corrected chi connectivity index (χ1v) is 7.60. The van der Waals surface area contributed by atoms with E-state index in [-0.39, 0.29) is 0 Å². The SMILES string of the molecule is c1nc(SCc2ccc3nsnc3c2)c2[nH]cnc2n1. The number of nitrogens with one attached hydrogen (secondary N) is 1. The van der Waals surface area contributed by atoms with Crippen LogP contribution in [0.4, 0.5) is 0 Å². The molecule has 1 N–H and O–H groups in total. The maximum atomic E-state index is 4.30. The first-order valence-electron chi connectivity index (χ1n) is 5.88.